The summed E-state index contributed by atoms with van der Waals surface area (Å²) in [5.41, 5.74) is 0.484. The van der Waals surface area contributed by atoms with E-state index < -0.39 is 5.78 Å². The van der Waals surface area contributed by atoms with Crippen molar-refractivity contribution in [2.45, 2.75) is 0 Å². The van der Waals surface area contributed by atoms with Gasteiger partial charge >= 0.3 is 0 Å². The number of allylic oxidation sites excluding steroid dienone is 1. The van der Waals surface area contributed by atoms with Crippen LogP contribution in [0.3, 0.4) is 0 Å². The van der Waals surface area contributed by atoms with Crippen LogP contribution in [0.1, 0.15) is 15.9 Å². The lowest BCUT2D eigenvalue weighted by atomic mass is 10.1. The number of ketones is 1. The Bertz CT molecular complexity index is 689. The Morgan fingerprint density at radius 1 is 0.850 bits per heavy atom. The fourth-order valence-electron chi connectivity index (χ4n) is 1.63. The molecule has 5 heteroatoms. The number of rotatable bonds is 3. The Morgan fingerprint density at radius 3 is 2.25 bits per heavy atom. The standard InChI is InChI=1S/C15H12O5/c16-10-3-6-13(18)11(8-10)12(17)4-1-9-2-5-14(19)15(20)7-9/h1-8,16,18-20H/b4-1+. The lowest BCUT2D eigenvalue weighted by Gasteiger charge is -2.01. The molecule has 0 saturated carbocycles. The van der Waals surface area contributed by atoms with Gasteiger partial charge in [-0.2, -0.15) is 0 Å². The quantitative estimate of drug-likeness (QED) is 0.298. The molecule has 0 heterocycles. The van der Waals surface area contributed by atoms with Crippen LogP contribution in [-0.2, 0) is 0 Å². The van der Waals surface area contributed by atoms with Gasteiger partial charge in [0.05, 0.1) is 5.56 Å². The molecule has 0 fully saturated rings. The minimum atomic E-state index is -0.494. The maximum absolute atomic E-state index is 11.9. The minimum Gasteiger partial charge on any atom is -0.508 e. The minimum absolute atomic E-state index is 0.0238. The van der Waals surface area contributed by atoms with Gasteiger partial charge in [-0.25, -0.2) is 0 Å². The third kappa shape index (κ3) is 2.89. The highest BCUT2D eigenvalue weighted by Gasteiger charge is 2.09. The van der Waals surface area contributed by atoms with Crippen LogP contribution in [0.25, 0.3) is 6.08 Å². The van der Waals surface area contributed by atoms with Crippen LogP contribution >= 0.6 is 0 Å². The van der Waals surface area contributed by atoms with Crippen LogP contribution in [0.4, 0.5) is 0 Å². The SMILES string of the molecule is O=C(/C=C/c1ccc(O)c(O)c1)c1cc(O)ccc1O. The first-order chi connectivity index (χ1) is 9.47. The molecule has 0 spiro atoms. The number of hydrogen-bond donors (Lipinski definition) is 4. The summed E-state index contributed by atoms with van der Waals surface area (Å²) in [5, 5.41) is 37.3. The van der Waals surface area contributed by atoms with Crippen molar-refractivity contribution in [3.8, 4) is 23.0 Å². The van der Waals surface area contributed by atoms with E-state index in [9.17, 15) is 20.1 Å². The zero-order chi connectivity index (χ0) is 14.7. The first-order valence-electron chi connectivity index (χ1n) is 5.74. The second-order valence-corrected chi connectivity index (χ2v) is 4.15. The molecule has 102 valence electrons. The maximum atomic E-state index is 11.9. The van der Waals surface area contributed by atoms with Crippen molar-refractivity contribution in [1.29, 1.82) is 0 Å². The second-order valence-electron chi connectivity index (χ2n) is 4.15. The van der Waals surface area contributed by atoms with Gasteiger partial charge < -0.3 is 20.4 Å². The number of carbonyl (C=O) groups is 1. The van der Waals surface area contributed by atoms with Crippen LogP contribution in [0.5, 0.6) is 23.0 Å². The van der Waals surface area contributed by atoms with Gasteiger partial charge in [-0.1, -0.05) is 12.1 Å². The van der Waals surface area contributed by atoms with Gasteiger partial charge in [0.2, 0.25) is 0 Å². The molecular formula is C15H12O5. The fourth-order valence-corrected chi connectivity index (χ4v) is 1.63. The van der Waals surface area contributed by atoms with E-state index in [1.54, 1.807) is 0 Å². The predicted octanol–water partition coefficient (Wildman–Crippen LogP) is 2.41. The number of phenols is 4. The molecule has 0 saturated heterocycles. The highest BCUT2D eigenvalue weighted by atomic mass is 16.3. The van der Waals surface area contributed by atoms with Crippen molar-refractivity contribution in [3.63, 3.8) is 0 Å². The van der Waals surface area contributed by atoms with Crippen molar-refractivity contribution in [2.24, 2.45) is 0 Å². The Hall–Kier alpha value is -2.95. The molecular weight excluding hydrogens is 260 g/mol. The van der Waals surface area contributed by atoms with Crippen molar-refractivity contribution < 1.29 is 25.2 Å². The van der Waals surface area contributed by atoms with Crippen LogP contribution in [0.15, 0.2) is 42.5 Å². The van der Waals surface area contributed by atoms with Crippen LogP contribution in [0, 0.1) is 0 Å². The van der Waals surface area contributed by atoms with Gasteiger partial charge in [-0.15, -0.1) is 0 Å². The average molecular weight is 272 g/mol. The Kier molecular flexibility index (Phi) is 3.61. The average Bonchev–Trinajstić information content (AvgIpc) is 2.42. The van der Waals surface area contributed by atoms with E-state index in [-0.39, 0.29) is 28.6 Å². The summed E-state index contributed by atoms with van der Waals surface area (Å²) in [6.07, 6.45) is 2.62. The lowest BCUT2D eigenvalue weighted by Crippen LogP contribution is -1.94. The van der Waals surface area contributed by atoms with Crippen LogP contribution in [-0.4, -0.2) is 26.2 Å². The second kappa shape index (κ2) is 5.36. The summed E-state index contributed by atoms with van der Waals surface area (Å²) in [6, 6.07) is 7.76. The first kappa shape index (κ1) is 13.5. The van der Waals surface area contributed by atoms with E-state index in [0.717, 1.165) is 6.07 Å². The summed E-state index contributed by atoms with van der Waals surface area (Å²) < 4.78 is 0. The van der Waals surface area contributed by atoms with E-state index in [2.05, 4.69) is 0 Å². The van der Waals surface area contributed by atoms with Gasteiger partial charge in [0, 0.05) is 0 Å². The van der Waals surface area contributed by atoms with E-state index in [1.165, 1.54) is 42.5 Å². The topological polar surface area (TPSA) is 98.0 Å². The molecule has 0 bridgehead atoms. The van der Waals surface area contributed by atoms with Gasteiger partial charge in [0.15, 0.2) is 17.3 Å². The molecule has 5 nitrogen and oxygen atoms in total. The zero-order valence-corrected chi connectivity index (χ0v) is 10.3. The summed E-state index contributed by atoms with van der Waals surface area (Å²) in [5.74, 6) is -1.39. The van der Waals surface area contributed by atoms with Gasteiger partial charge in [-0.3, -0.25) is 4.79 Å². The molecule has 0 aliphatic rings. The molecule has 0 atom stereocenters. The van der Waals surface area contributed by atoms with E-state index in [1.807, 2.05) is 0 Å². The highest BCUT2D eigenvalue weighted by Crippen LogP contribution is 2.26. The molecule has 2 aromatic rings. The van der Waals surface area contributed by atoms with Crippen LogP contribution in [0.2, 0.25) is 0 Å². The number of aromatic hydroxyl groups is 4. The zero-order valence-electron chi connectivity index (χ0n) is 10.3. The fraction of sp³-hybridized carbons (Fsp3) is 0. The summed E-state index contributed by atoms with van der Waals surface area (Å²) in [4.78, 5) is 11.9. The van der Waals surface area contributed by atoms with E-state index in [0.29, 0.717) is 5.56 Å². The van der Waals surface area contributed by atoms with Crippen molar-refractivity contribution in [2.75, 3.05) is 0 Å². The third-order valence-corrected chi connectivity index (χ3v) is 2.67. The third-order valence-electron chi connectivity index (χ3n) is 2.67. The van der Waals surface area contributed by atoms with Gasteiger partial charge in [-0.05, 0) is 42.0 Å². The monoisotopic (exact) mass is 272 g/mol. The van der Waals surface area contributed by atoms with Crippen molar-refractivity contribution >= 4 is 11.9 Å². The van der Waals surface area contributed by atoms with Gasteiger partial charge in [0.1, 0.15) is 11.5 Å². The van der Waals surface area contributed by atoms with E-state index >= 15 is 0 Å². The molecule has 0 aromatic heterocycles. The predicted molar refractivity (Wildman–Crippen MR) is 72.9 cm³/mol. The Morgan fingerprint density at radius 2 is 1.55 bits per heavy atom. The van der Waals surface area contributed by atoms with E-state index in [4.69, 9.17) is 5.11 Å². The maximum Gasteiger partial charge on any atom is 0.189 e. The number of benzene rings is 2. The smallest absolute Gasteiger partial charge is 0.189 e. The largest absolute Gasteiger partial charge is 0.508 e. The molecule has 2 rings (SSSR count). The summed E-state index contributed by atoms with van der Waals surface area (Å²) in [7, 11) is 0. The molecule has 0 aliphatic carbocycles. The summed E-state index contributed by atoms with van der Waals surface area (Å²) >= 11 is 0. The molecule has 0 radical (unpaired) electrons. The molecule has 0 amide bonds. The Labute approximate surface area is 114 Å². The highest BCUT2D eigenvalue weighted by molar-refractivity contribution is 6.08. The molecule has 4 N–H and O–H groups in total. The van der Waals surface area contributed by atoms with Crippen molar-refractivity contribution in [3.05, 3.63) is 53.6 Å². The molecule has 20 heavy (non-hydrogen) atoms. The van der Waals surface area contributed by atoms with Crippen LogP contribution < -0.4 is 0 Å². The van der Waals surface area contributed by atoms with Gasteiger partial charge in [0.25, 0.3) is 0 Å². The number of hydrogen-bond acceptors (Lipinski definition) is 5. The number of phenolic OH excluding ortho intramolecular Hbond substituents is 4. The molecule has 0 unspecified atom stereocenters. The summed E-state index contributed by atoms with van der Waals surface area (Å²) in [6.45, 7) is 0. The first-order valence-corrected chi connectivity index (χ1v) is 5.74. The molecule has 2 aromatic carbocycles. The molecule has 0 aliphatic heterocycles. The Balaban J connectivity index is 2.24. The lowest BCUT2D eigenvalue weighted by molar-refractivity contribution is 0.104. The number of carbonyl (C=O) groups excluding carboxylic acids is 1. The van der Waals surface area contributed by atoms with Crippen molar-refractivity contribution in [1.82, 2.24) is 0 Å². The normalized spacial score (nSPS) is 10.8.